The third kappa shape index (κ3) is 1.92. The Labute approximate surface area is 83.9 Å². The van der Waals surface area contributed by atoms with Gasteiger partial charge in [0.15, 0.2) is 5.82 Å². The van der Waals surface area contributed by atoms with Gasteiger partial charge in [0.25, 0.3) is 0 Å². The Balaban J connectivity index is 2.02. The van der Waals surface area contributed by atoms with E-state index in [1.807, 2.05) is 4.68 Å². The number of nitrogens with one attached hydrogen (secondary N) is 1. The molecule has 1 fully saturated rings. The topological polar surface area (TPSA) is 55.6 Å². The van der Waals surface area contributed by atoms with Crippen LogP contribution in [0.2, 0.25) is 0 Å². The molecule has 2 rings (SSSR count). The molecule has 0 saturated heterocycles. The third-order valence-electron chi connectivity index (χ3n) is 2.50. The minimum atomic E-state index is 0.255. The molecule has 0 amide bonds. The molecular formula is C9H17N5. The summed E-state index contributed by atoms with van der Waals surface area (Å²) in [6.07, 6.45) is 3.58. The minimum Gasteiger partial charge on any atom is -0.307 e. The van der Waals surface area contributed by atoms with Crippen LogP contribution >= 0.6 is 0 Å². The van der Waals surface area contributed by atoms with Crippen molar-refractivity contribution in [2.75, 3.05) is 6.54 Å². The molecule has 1 heterocycles. The maximum Gasteiger partial charge on any atom is 0.168 e. The third-order valence-corrected chi connectivity index (χ3v) is 2.50. The van der Waals surface area contributed by atoms with Gasteiger partial charge >= 0.3 is 0 Å². The molecule has 0 spiro atoms. The first kappa shape index (κ1) is 9.58. The molecule has 1 aliphatic carbocycles. The molecule has 0 aliphatic heterocycles. The van der Waals surface area contributed by atoms with Crippen molar-refractivity contribution in [2.45, 2.75) is 45.2 Å². The van der Waals surface area contributed by atoms with Crippen LogP contribution in [0.3, 0.4) is 0 Å². The second-order valence-electron chi connectivity index (χ2n) is 3.89. The smallest absolute Gasteiger partial charge is 0.168 e. The fourth-order valence-corrected chi connectivity index (χ4v) is 1.52. The van der Waals surface area contributed by atoms with Gasteiger partial charge in [-0.25, -0.2) is 4.68 Å². The number of rotatable bonds is 5. The van der Waals surface area contributed by atoms with E-state index in [1.54, 1.807) is 0 Å². The number of tetrazole rings is 1. The summed E-state index contributed by atoms with van der Waals surface area (Å²) >= 11 is 0. The van der Waals surface area contributed by atoms with E-state index in [-0.39, 0.29) is 6.04 Å². The molecule has 1 saturated carbocycles. The van der Waals surface area contributed by atoms with E-state index in [0.717, 1.165) is 18.8 Å². The average Bonchev–Trinajstić information content (AvgIpc) is 2.93. The predicted octanol–water partition coefficient (Wildman–Crippen LogP) is 1.07. The highest BCUT2D eigenvalue weighted by molar-refractivity contribution is 4.95. The molecule has 1 aromatic rings. The fraction of sp³-hybridized carbons (Fsp3) is 0.889. The van der Waals surface area contributed by atoms with E-state index in [2.05, 4.69) is 34.7 Å². The zero-order valence-corrected chi connectivity index (χ0v) is 8.77. The van der Waals surface area contributed by atoms with E-state index in [4.69, 9.17) is 0 Å². The molecule has 5 nitrogen and oxygen atoms in total. The van der Waals surface area contributed by atoms with Crippen molar-refractivity contribution in [2.24, 2.45) is 0 Å². The Kier molecular flexibility index (Phi) is 2.77. The van der Waals surface area contributed by atoms with Gasteiger partial charge in [-0.1, -0.05) is 6.92 Å². The summed E-state index contributed by atoms with van der Waals surface area (Å²) in [6, 6.07) is 0.816. The summed E-state index contributed by atoms with van der Waals surface area (Å²) in [4.78, 5) is 0. The Morgan fingerprint density at radius 1 is 1.57 bits per heavy atom. The van der Waals surface area contributed by atoms with Crippen molar-refractivity contribution in [3.8, 4) is 0 Å². The van der Waals surface area contributed by atoms with Crippen molar-refractivity contribution in [1.82, 2.24) is 25.5 Å². The summed E-state index contributed by atoms with van der Waals surface area (Å²) in [6.45, 7) is 5.28. The van der Waals surface area contributed by atoms with Crippen LogP contribution in [0.15, 0.2) is 0 Å². The van der Waals surface area contributed by atoms with Crippen LogP contribution < -0.4 is 5.32 Å². The van der Waals surface area contributed by atoms with E-state index in [0.29, 0.717) is 6.04 Å². The molecule has 0 bridgehead atoms. The number of hydrogen-bond donors (Lipinski definition) is 1. The summed E-state index contributed by atoms with van der Waals surface area (Å²) in [5, 5.41) is 15.2. The fourth-order valence-electron chi connectivity index (χ4n) is 1.52. The Hall–Kier alpha value is -0.970. The van der Waals surface area contributed by atoms with Gasteiger partial charge in [0, 0.05) is 0 Å². The Morgan fingerprint density at radius 2 is 2.36 bits per heavy atom. The van der Waals surface area contributed by atoms with Crippen LogP contribution in [-0.2, 0) is 0 Å². The molecule has 14 heavy (non-hydrogen) atoms. The largest absolute Gasteiger partial charge is 0.307 e. The van der Waals surface area contributed by atoms with Gasteiger partial charge in [0.2, 0.25) is 0 Å². The predicted molar refractivity (Wildman–Crippen MR) is 52.8 cm³/mol. The first-order valence-corrected chi connectivity index (χ1v) is 5.34. The zero-order chi connectivity index (χ0) is 9.97. The molecule has 1 unspecified atom stereocenters. The zero-order valence-electron chi connectivity index (χ0n) is 8.77. The highest BCUT2D eigenvalue weighted by atomic mass is 15.6. The molecule has 1 N–H and O–H groups in total. The van der Waals surface area contributed by atoms with Gasteiger partial charge in [-0.2, -0.15) is 0 Å². The van der Waals surface area contributed by atoms with Gasteiger partial charge < -0.3 is 5.32 Å². The maximum atomic E-state index is 4.07. The normalized spacial score (nSPS) is 18.4. The SMILES string of the molecule is CCCNC(C)c1nnnn1C1CC1. The van der Waals surface area contributed by atoms with Gasteiger partial charge in [0.1, 0.15) is 0 Å². The number of nitrogens with zero attached hydrogens (tertiary/aromatic N) is 4. The molecule has 5 heteroatoms. The van der Waals surface area contributed by atoms with Crippen molar-refractivity contribution < 1.29 is 0 Å². The molecular weight excluding hydrogens is 178 g/mol. The first-order chi connectivity index (χ1) is 6.83. The molecule has 78 valence electrons. The van der Waals surface area contributed by atoms with Crippen LogP contribution in [0.1, 0.15) is 51.0 Å². The summed E-state index contributed by atoms with van der Waals surface area (Å²) in [5.41, 5.74) is 0. The highest BCUT2D eigenvalue weighted by Gasteiger charge is 2.29. The van der Waals surface area contributed by atoms with E-state index < -0.39 is 0 Å². The highest BCUT2D eigenvalue weighted by Crippen LogP contribution is 2.35. The lowest BCUT2D eigenvalue weighted by atomic mass is 10.3. The lowest BCUT2D eigenvalue weighted by Gasteiger charge is -2.12. The molecule has 1 atom stereocenters. The first-order valence-electron chi connectivity index (χ1n) is 5.34. The minimum absolute atomic E-state index is 0.255. The van der Waals surface area contributed by atoms with Gasteiger partial charge in [-0.05, 0) is 43.2 Å². The van der Waals surface area contributed by atoms with Crippen LogP contribution in [0, 0.1) is 0 Å². The standard InChI is InChI=1S/C9H17N5/c1-3-6-10-7(2)9-11-12-13-14(9)8-4-5-8/h7-8,10H,3-6H2,1-2H3. The van der Waals surface area contributed by atoms with Gasteiger partial charge in [-0.3, -0.25) is 0 Å². The van der Waals surface area contributed by atoms with Gasteiger partial charge in [-0.15, -0.1) is 5.10 Å². The van der Waals surface area contributed by atoms with Crippen molar-refractivity contribution in [3.05, 3.63) is 5.82 Å². The molecule has 1 aliphatic rings. The van der Waals surface area contributed by atoms with E-state index in [1.165, 1.54) is 12.8 Å². The monoisotopic (exact) mass is 195 g/mol. The van der Waals surface area contributed by atoms with Crippen LogP contribution in [-0.4, -0.2) is 26.8 Å². The molecule has 0 aromatic carbocycles. The molecule has 0 radical (unpaired) electrons. The number of aromatic nitrogens is 4. The Bertz CT molecular complexity index is 291. The summed E-state index contributed by atoms with van der Waals surface area (Å²) < 4.78 is 1.97. The second kappa shape index (κ2) is 4.04. The lowest BCUT2D eigenvalue weighted by molar-refractivity contribution is 0.491. The Morgan fingerprint density at radius 3 is 3.00 bits per heavy atom. The second-order valence-corrected chi connectivity index (χ2v) is 3.89. The average molecular weight is 195 g/mol. The van der Waals surface area contributed by atoms with Crippen molar-refractivity contribution in [3.63, 3.8) is 0 Å². The van der Waals surface area contributed by atoms with Crippen LogP contribution in [0.25, 0.3) is 0 Å². The van der Waals surface area contributed by atoms with Gasteiger partial charge in [0.05, 0.1) is 12.1 Å². The lowest BCUT2D eigenvalue weighted by Crippen LogP contribution is -2.23. The van der Waals surface area contributed by atoms with Crippen LogP contribution in [0.5, 0.6) is 0 Å². The molecule has 1 aromatic heterocycles. The van der Waals surface area contributed by atoms with Crippen LogP contribution in [0.4, 0.5) is 0 Å². The van der Waals surface area contributed by atoms with Crippen molar-refractivity contribution >= 4 is 0 Å². The van der Waals surface area contributed by atoms with E-state index in [9.17, 15) is 0 Å². The van der Waals surface area contributed by atoms with E-state index >= 15 is 0 Å². The number of hydrogen-bond acceptors (Lipinski definition) is 4. The quantitative estimate of drug-likeness (QED) is 0.763. The van der Waals surface area contributed by atoms with Crippen molar-refractivity contribution in [1.29, 1.82) is 0 Å². The summed E-state index contributed by atoms with van der Waals surface area (Å²) in [7, 11) is 0. The maximum absolute atomic E-state index is 4.07. The summed E-state index contributed by atoms with van der Waals surface area (Å²) in [5.74, 6) is 0.973.